The number of fused-ring (bicyclic) bond motifs is 1. The van der Waals surface area contributed by atoms with Crippen molar-refractivity contribution in [2.24, 2.45) is 5.73 Å². The van der Waals surface area contributed by atoms with E-state index in [1.54, 1.807) is 46.0 Å². The molecule has 4 rings (SSSR count). The van der Waals surface area contributed by atoms with Crippen molar-refractivity contribution in [2.45, 2.75) is 19.5 Å². The van der Waals surface area contributed by atoms with Gasteiger partial charge in [0.05, 0.1) is 40.8 Å². The molecule has 0 aliphatic carbocycles. The predicted molar refractivity (Wildman–Crippen MR) is 122 cm³/mol. The highest BCUT2D eigenvalue weighted by atomic mass is 35.5. The van der Waals surface area contributed by atoms with Crippen LogP contribution in [0.1, 0.15) is 21.6 Å². The molecule has 0 radical (unpaired) electrons. The first-order valence-electron chi connectivity index (χ1n) is 9.30. The van der Waals surface area contributed by atoms with Crippen LogP contribution in [0.5, 0.6) is 0 Å². The quantitative estimate of drug-likeness (QED) is 0.559. The molecule has 160 valence electrons. The number of nitrogens with two attached hydrogens (primary N) is 1. The summed E-state index contributed by atoms with van der Waals surface area (Å²) < 4.78 is 1.71. The first kappa shape index (κ1) is 22.0. The number of carbonyl (C=O) groups is 2. The van der Waals surface area contributed by atoms with E-state index in [9.17, 15) is 9.59 Å². The van der Waals surface area contributed by atoms with E-state index in [2.05, 4.69) is 5.10 Å². The lowest BCUT2D eigenvalue weighted by Crippen LogP contribution is -2.40. The molecule has 1 aliphatic rings. The molecule has 0 bridgehead atoms. The monoisotopic (exact) mass is 496 g/mol. The molecule has 0 saturated heterocycles. The molecule has 1 aliphatic heterocycles. The lowest BCUT2D eigenvalue weighted by atomic mass is 10.0. The van der Waals surface area contributed by atoms with Crippen molar-refractivity contribution in [1.82, 2.24) is 14.7 Å². The van der Waals surface area contributed by atoms with Crippen LogP contribution in [0.4, 0.5) is 0 Å². The number of halogens is 4. The third-order valence-corrected chi connectivity index (χ3v) is 6.23. The van der Waals surface area contributed by atoms with Gasteiger partial charge in [-0.05, 0) is 35.9 Å². The fourth-order valence-corrected chi connectivity index (χ4v) is 4.50. The van der Waals surface area contributed by atoms with Gasteiger partial charge in [-0.2, -0.15) is 5.10 Å². The molecule has 31 heavy (non-hydrogen) atoms. The summed E-state index contributed by atoms with van der Waals surface area (Å²) in [6.07, 6.45) is 0.139. The van der Waals surface area contributed by atoms with Crippen LogP contribution in [-0.4, -0.2) is 33.0 Å². The Bertz CT molecular complexity index is 1190. The average Bonchev–Trinajstić information content (AvgIpc) is 3.08. The Balaban J connectivity index is 1.64. The molecular formula is C21H16Cl4N4O2. The number of benzene rings is 2. The van der Waals surface area contributed by atoms with Crippen LogP contribution in [0.2, 0.25) is 20.1 Å². The third-order valence-electron chi connectivity index (χ3n) is 5.05. The Morgan fingerprint density at radius 1 is 0.968 bits per heavy atom. The standard InChI is InChI=1S/C21H16Cl4N4O2/c22-13-5-11(6-14(23)9-13)7-18(30)28-3-4-29-17(10-28)19(21(26)31)20(27-29)12-1-2-15(24)16(25)8-12/h1-2,5-6,8-9H,3-4,7,10H2,(H2,26,31). The number of hydrogen-bond acceptors (Lipinski definition) is 3. The molecule has 2 heterocycles. The maximum atomic E-state index is 12.9. The number of aromatic nitrogens is 2. The summed E-state index contributed by atoms with van der Waals surface area (Å²) in [5.74, 6) is -0.740. The lowest BCUT2D eigenvalue weighted by Gasteiger charge is -2.28. The first-order chi connectivity index (χ1) is 14.7. The van der Waals surface area contributed by atoms with Gasteiger partial charge in [-0.15, -0.1) is 0 Å². The predicted octanol–water partition coefficient (Wildman–Crippen LogP) is 4.85. The topological polar surface area (TPSA) is 81.2 Å². The first-order valence-corrected chi connectivity index (χ1v) is 10.8. The molecule has 0 fully saturated rings. The minimum Gasteiger partial charge on any atom is -0.365 e. The van der Waals surface area contributed by atoms with Gasteiger partial charge < -0.3 is 10.6 Å². The molecule has 1 aromatic heterocycles. The molecule has 2 aromatic carbocycles. The van der Waals surface area contributed by atoms with Gasteiger partial charge in [0.15, 0.2) is 0 Å². The van der Waals surface area contributed by atoms with E-state index in [0.29, 0.717) is 55.7 Å². The molecule has 2 amide bonds. The van der Waals surface area contributed by atoms with E-state index in [-0.39, 0.29) is 24.4 Å². The number of rotatable bonds is 4. The lowest BCUT2D eigenvalue weighted by molar-refractivity contribution is -0.132. The zero-order chi connectivity index (χ0) is 22.3. The van der Waals surface area contributed by atoms with Crippen molar-refractivity contribution in [3.63, 3.8) is 0 Å². The van der Waals surface area contributed by atoms with Crippen LogP contribution in [0, 0.1) is 0 Å². The average molecular weight is 498 g/mol. The highest BCUT2D eigenvalue weighted by Gasteiger charge is 2.29. The van der Waals surface area contributed by atoms with Gasteiger partial charge in [0.1, 0.15) is 5.69 Å². The van der Waals surface area contributed by atoms with Gasteiger partial charge in [0, 0.05) is 22.2 Å². The number of primary amides is 1. The number of carbonyl (C=O) groups excluding carboxylic acids is 2. The summed E-state index contributed by atoms with van der Waals surface area (Å²) in [6, 6.07) is 10.0. The minimum absolute atomic E-state index is 0.114. The zero-order valence-corrected chi connectivity index (χ0v) is 19.1. The molecule has 2 N–H and O–H groups in total. The van der Waals surface area contributed by atoms with E-state index in [4.69, 9.17) is 52.1 Å². The van der Waals surface area contributed by atoms with Crippen LogP contribution in [0.3, 0.4) is 0 Å². The minimum atomic E-state index is -0.627. The van der Waals surface area contributed by atoms with E-state index in [1.807, 2.05) is 0 Å². The van der Waals surface area contributed by atoms with Crippen molar-refractivity contribution < 1.29 is 9.59 Å². The number of hydrogen-bond donors (Lipinski definition) is 1. The maximum Gasteiger partial charge on any atom is 0.252 e. The van der Waals surface area contributed by atoms with E-state index < -0.39 is 5.91 Å². The second-order valence-corrected chi connectivity index (χ2v) is 8.84. The Kier molecular flexibility index (Phi) is 6.17. The highest BCUT2D eigenvalue weighted by Crippen LogP contribution is 2.32. The normalized spacial score (nSPS) is 13.2. The zero-order valence-electron chi connectivity index (χ0n) is 16.0. The summed E-state index contributed by atoms with van der Waals surface area (Å²) >= 11 is 24.2. The Hall–Kier alpha value is -2.25. The van der Waals surface area contributed by atoms with E-state index in [0.717, 1.165) is 0 Å². The fraction of sp³-hybridized carbons (Fsp3) is 0.190. The van der Waals surface area contributed by atoms with Crippen molar-refractivity contribution in [3.05, 3.63) is 73.3 Å². The molecule has 0 atom stereocenters. The summed E-state index contributed by atoms with van der Waals surface area (Å²) in [5, 5.41) is 6.23. The van der Waals surface area contributed by atoms with Gasteiger partial charge in [0.2, 0.25) is 5.91 Å². The SMILES string of the molecule is NC(=O)c1c(-c2ccc(Cl)c(Cl)c2)nn2c1CN(C(=O)Cc1cc(Cl)cc(Cl)c1)CC2. The fourth-order valence-electron chi connectivity index (χ4n) is 3.63. The van der Waals surface area contributed by atoms with Crippen LogP contribution >= 0.6 is 46.4 Å². The van der Waals surface area contributed by atoms with Crippen molar-refractivity contribution in [1.29, 1.82) is 0 Å². The van der Waals surface area contributed by atoms with Gasteiger partial charge in [-0.3, -0.25) is 14.3 Å². The van der Waals surface area contributed by atoms with Crippen molar-refractivity contribution in [2.75, 3.05) is 6.54 Å². The summed E-state index contributed by atoms with van der Waals surface area (Å²) in [7, 11) is 0. The Morgan fingerprint density at radius 3 is 2.32 bits per heavy atom. The molecule has 0 saturated carbocycles. The van der Waals surface area contributed by atoms with Gasteiger partial charge in [0.25, 0.3) is 5.91 Å². The smallest absolute Gasteiger partial charge is 0.252 e. The molecular weight excluding hydrogens is 482 g/mol. The van der Waals surface area contributed by atoms with Gasteiger partial charge >= 0.3 is 0 Å². The molecule has 3 aromatic rings. The maximum absolute atomic E-state index is 12.9. The number of nitrogens with zero attached hydrogens (tertiary/aromatic N) is 3. The van der Waals surface area contributed by atoms with E-state index in [1.165, 1.54) is 0 Å². The molecule has 6 nitrogen and oxygen atoms in total. The Morgan fingerprint density at radius 2 is 1.68 bits per heavy atom. The summed E-state index contributed by atoms with van der Waals surface area (Å²) in [4.78, 5) is 26.9. The molecule has 0 spiro atoms. The number of amides is 2. The van der Waals surface area contributed by atoms with Crippen molar-refractivity contribution >= 4 is 58.2 Å². The van der Waals surface area contributed by atoms with Crippen LogP contribution in [0.15, 0.2) is 36.4 Å². The summed E-state index contributed by atoms with van der Waals surface area (Å²) in [6.45, 7) is 1.08. The highest BCUT2D eigenvalue weighted by molar-refractivity contribution is 6.42. The van der Waals surface area contributed by atoms with Crippen LogP contribution in [-0.2, 0) is 24.3 Å². The van der Waals surface area contributed by atoms with Crippen LogP contribution in [0.25, 0.3) is 11.3 Å². The molecule has 10 heteroatoms. The van der Waals surface area contributed by atoms with Crippen LogP contribution < -0.4 is 5.73 Å². The third kappa shape index (κ3) is 4.53. The van der Waals surface area contributed by atoms with Gasteiger partial charge in [-0.25, -0.2) is 0 Å². The second-order valence-electron chi connectivity index (χ2n) is 7.16. The summed E-state index contributed by atoms with van der Waals surface area (Å²) in [5.41, 5.74) is 8.28. The van der Waals surface area contributed by atoms with Crippen molar-refractivity contribution in [3.8, 4) is 11.3 Å². The van der Waals surface area contributed by atoms with E-state index >= 15 is 0 Å². The van der Waals surface area contributed by atoms with Gasteiger partial charge in [-0.1, -0.05) is 52.5 Å². The Labute approximate surface area is 198 Å². The largest absolute Gasteiger partial charge is 0.365 e. The molecule has 0 unspecified atom stereocenters. The second kappa shape index (κ2) is 8.71.